The quantitative estimate of drug-likeness (QED) is 0.711. The summed E-state index contributed by atoms with van der Waals surface area (Å²) in [5.41, 5.74) is 3.17. The highest BCUT2D eigenvalue weighted by Gasteiger charge is 2.20. The molecule has 4 rings (SSSR count). The highest BCUT2D eigenvalue weighted by atomic mass is 32.1. The standard InChI is InChI=1S/C21H22N4OS/c26-20(24-14-21-25-18-6-1-2-7-19(18)27-21)13-16(15-8-11-22-12-9-15)17-5-3-4-10-23-17/h3-5,8-12,16H,1-2,6-7,13-14H2,(H,24,26)/t16-/m0/s1. The molecule has 27 heavy (non-hydrogen) atoms. The topological polar surface area (TPSA) is 67.8 Å². The maximum Gasteiger partial charge on any atom is 0.221 e. The van der Waals surface area contributed by atoms with Crippen molar-refractivity contribution in [2.45, 2.75) is 44.6 Å². The fourth-order valence-corrected chi connectivity index (χ4v) is 4.58. The first-order chi connectivity index (χ1) is 13.3. The Kier molecular flexibility index (Phi) is 5.53. The van der Waals surface area contributed by atoms with E-state index >= 15 is 0 Å². The van der Waals surface area contributed by atoms with Crippen molar-refractivity contribution in [1.29, 1.82) is 0 Å². The maximum absolute atomic E-state index is 12.6. The van der Waals surface area contributed by atoms with Gasteiger partial charge in [0.25, 0.3) is 0 Å². The largest absolute Gasteiger partial charge is 0.350 e. The molecule has 0 radical (unpaired) electrons. The molecule has 3 aromatic rings. The molecule has 5 nitrogen and oxygen atoms in total. The van der Waals surface area contributed by atoms with Crippen molar-refractivity contribution < 1.29 is 4.79 Å². The van der Waals surface area contributed by atoms with E-state index in [0.29, 0.717) is 13.0 Å². The fourth-order valence-electron chi connectivity index (χ4n) is 3.48. The van der Waals surface area contributed by atoms with Crippen LogP contribution in [0.5, 0.6) is 0 Å². The lowest BCUT2D eigenvalue weighted by atomic mass is 9.92. The van der Waals surface area contributed by atoms with Crippen LogP contribution in [-0.4, -0.2) is 20.9 Å². The normalized spacial score (nSPS) is 14.4. The molecule has 0 unspecified atom stereocenters. The monoisotopic (exact) mass is 378 g/mol. The third-order valence-corrected chi connectivity index (χ3v) is 6.03. The Bertz CT molecular complexity index is 832. The van der Waals surface area contributed by atoms with E-state index in [9.17, 15) is 4.79 Å². The molecule has 0 bridgehead atoms. The number of nitrogens with zero attached hydrogens (tertiary/aromatic N) is 3. The summed E-state index contributed by atoms with van der Waals surface area (Å²) in [6.45, 7) is 0.502. The summed E-state index contributed by atoms with van der Waals surface area (Å²) in [4.78, 5) is 27.3. The van der Waals surface area contributed by atoms with Gasteiger partial charge in [0, 0.05) is 41.5 Å². The van der Waals surface area contributed by atoms with Gasteiger partial charge in [0.05, 0.1) is 12.2 Å². The van der Waals surface area contributed by atoms with Gasteiger partial charge in [0.15, 0.2) is 0 Å². The molecule has 3 aromatic heterocycles. The zero-order valence-electron chi connectivity index (χ0n) is 15.1. The Morgan fingerprint density at radius 1 is 1.11 bits per heavy atom. The number of hydrogen-bond donors (Lipinski definition) is 1. The predicted octanol–water partition coefficient (Wildman–Crippen LogP) is 3.65. The smallest absolute Gasteiger partial charge is 0.221 e. The van der Waals surface area contributed by atoms with E-state index in [1.54, 1.807) is 29.9 Å². The molecule has 0 aromatic carbocycles. The number of carbonyl (C=O) groups is 1. The van der Waals surface area contributed by atoms with Crippen molar-refractivity contribution in [3.63, 3.8) is 0 Å². The van der Waals surface area contributed by atoms with Crippen molar-refractivity contribution in [3.8, 4) is 0 Å². The van der Waals surface area contributed by atoms with Gasteiger partial charge >= 0.3 is 0 Å². The van der Waals surface area contributed by atoms with Gasteiger partial charge in [-0.15, -0.1) is 11.3 Å². The first-order valence-electron chi connectivity index (χ1n) is 9.34. The molecule has 0 spiro atoms. The summed E-state index contributed by atoms with van der Waals surface area (Å²) in [7, 11) is 0. The molecule has 3 heterocycles. The molecule has 1 N–H and O–H groups in total. The van der Waals surface area contributed by atoms with E-state index in [2.05, 4.69) is 15.3 Å². The highest BCUT2D eigenvalue weighted by Crippen LogP contribution is 2.28. The van der Waals surface area contributed by atoms with Gasteiger partial charge < -0.3 is 5.32 Å². The molecular formula is C21H22N4OS. The number of rotatable bonds is 6. The summed E-state index contributed by atoms with van der Waals surface area (Å²) in [5.74, 6) is -0.0747. The van der Waals surface area contributed by atoms with Gasteiger partial charge in [0.1, 0.15) is 5.01 Å². The zero-order valence-corrected chi connectivity index (χ0v) is 15.9. The van der Waals surface area contributed by atoms with E-state index in [1.807, 2.05) is 30.3 Å². The first-order valence-corrected chi connectivity index (χ1v) is 10.2. The molecule has 1 amide bonds. The van der Waals surface area contributed by atoms with Crippen molar-refractivity contribution in [2.24, 2.45) is 0 Å². The van der Waals surface area contributed by atoms with E-state index in [0.717, 1.165) is 29.1 Å². The van der Waals surface area contributed by atoms with Crippen LogP contribution < -0.4 is 5.32 Å². The number of thiazole rings is 1. The number of pyridine rings is 2. The third-order valence-electron chi connectivity index (χ3n) is 4.87. The lowest BCUT2D eigenvalue weighted by Gasteiger charge is -2.16. The second-order valence-corrected chi connectivity index (χ2v) is 7.92. The summed E-state index contributed by atoms with van der Waals surface area (Å²) in [6, 6.07) is 9.70. The molecule has 138 valence electrons. The second-order valence-electron chi connectivity index (χ2n) is 6.75. The summed E-state index contributed by atoms with van der Waals surface area (Å²) in [5, 5.41) is 4.05. The molecule has 0 saturated carbocycles. The summed E-state index contributed by atoms with van der Waals surface area (Å²) < 4.78 is 0. The van der Waals surface area contributed by atoms with Crippen LogP contribution in [0.4, 0.5) is 0 Å². The molecular weight excluding hydrogens is 356 g/mol. The number of carbonyl (C=O) groups excluding carboxylic acids is 1. The SMILES string of the molecule is O=C(C[C@@H](c1ccncc1)c1ccccn1)NCc1nc2c(s1)CCCC2. The number of nitrogens with one attached hydrogen (secondary N) is 1. The number of hydrogen-bond acceptors (Lipinski definition) is 5. The van der Waals surface area contributed by atoms with Crippen LogP contribution in [0.15, 0.2) is 48.9 Å². The minimum absolute atomic E-state index is 0.00985. The molecule has 6 heteroatoms. The van der Waals surface area contributed by atoms with Gasteiger partial charge in [-0.2, -0.15) is 0 Å². The Morgan fingerprint density at radius 2 is 1.96 bits per heavy atom. The predicted molar refractivity (Wildman–Crippen MR) is 106 cm³/mol. The van der Waals surface area contributed by atoms with Crippen molar-refractivity contribution in [3.05, 3.63) is 75.8 Å². The van der Waals surface area contributed by atoms with Crippen molar-refractivity contribution in [1.82, 2.24) is 20.3 Å². The van der Waals surface area contributed by atoms with E-state index in [1.165, 1.54) is 23.4 Å². The Balaban J connectivity index is 1.43. The lowest BCUT2D eigenvalue weighted by Crippen LogP contribution is -2.25. The molecule has 1 aliphatic carbocycles. The van der Waals surface area contributed by atoms with E-state index in [4.69, 9.17) is 4.98 Å². The van der Waals surface area contributed by atoms with Crippen LogP contribution >= 0.6 is 11.3 Å². The van der Waals surface area contributed by atoms with Crippen LogP contribution in [-0.2, 0) is 24.2 Å². The molecule has 1 aliphatic rings. The van der Waals surface area contributed by atoms with Crippen LogP contribution in [0, 0.1) is 0 Å². The minimum atomic E-state index is -0.0845. The molecule has 1 atom stereocenters. The van der Waals surface area contributed by atoms with Gasteiger partial charge in [-0.05, 0) is 55.5 Å². The van der Waals surface area contributed by atoms with Crippen LogP contribution in [0.2, 0.25) is 0 Å². The Hall–Kier alpha value is -2.60. The summed E-state index contributed by atoms with van der Waals surface area (Å²) >= 11 is 1.74. The Morgan fingerprint density at radius 3 is 2.74 bits per heavy atom. The number of fused-ring (bicyclic) bond motifs is 1. The Labute approximate surface area is 162 Å². The fraction of sp³-hybridized carbons (Fsp3) is 0.333. The van der Waals surface area contributed by atoms with Gasteiger partial charge in [-0.1, -0.05) is 6.07 Å². The number of amides is 1. The van der Waals surface area contributed by atoms with E-state index in [-0.39, 0.29) is 11.8 Å². The second kappa shape index (κ2) is 8.39. The van der Waals surface area contributed by atoms with Gasteiger partial charge in [-0.3, -0.25) is 14.8 Å². The summed E-state index contributed by atoms with van der Waals surface area (Å²) in [6.07, 6.45) is 10.3. The molecule has 0 aliphatic heterocycles. The third kappa shape index (κ3) is 4.39. The first kappa shape index (κ1) is 17.8. The maximum atomic E-state index is 12.6. The zero-order chi connectivity index (χ0) is 18.5. The van der Waals surface area contributed by atoms with Crippen LogP contribution in [0.1, 0.15) is 52.0 Å². The van der Waals surface area contributed by atoms with Gasteiger partial charge in [-0.25, -0.2) is 4.98 Å². The van der Waals surface area contributed by atoms with Crippen molar-refractivity contribution >= 4 is 17.2 Å². The van der Waals surface area contributed by atoms with E-state index < -0.39 is 0 Å². The van der Waals surface area contributed by atoms with Crippen LogP contribution in [0.25, 0.3) is 0 Å². The average Bonchev–Trinajstić information content (AvgIpc) is 3.15. The lowest BCUT2D eigenvalue weighted by molar-refractivity contribution is -0.121. The van der Waals surface area contributed by atoms with Gasteiger partial charge in [0.2, 0.25) is 5.91 Å². The van der Waals surface area contributed by atoms with Crippen molar-refractivity contribution in [2.75, 3.05) is 0 Å². The number of aromatic nitrogens is 3. The average molecular weight is 379 g/mol. The van der Waals surface area contributed by atoms with Crippen LogP contribution in [0.3, 0.4) is 0 Å². The highest BCUT2D eigenvalue weighted by molar-refractivity contribution is 7.11. The minimum Gasteiger partial charge on any atom is -0.350 e. The molecule has 0 fully saturated rings. The number of aryl methyl sites for hydroxylation is 2. The molecule has 0 saturated heterocycles.